The molecule has 70 heteroatoms. The van der Waals surface area contributed by atoms with E-state index in [1.165, 1.54) is 0 Å². The van der Waals surface area contributed by atoms with Crippen LogP contribution in [0.15, 0.2) is 33.2 Å². The number of hydrogen-bond acceptors (Lipinski definition) is 0. The molecular formula is C46H4Br2F68. The van der Waals surface area contributed by atoms with E-state index >= 15 is 123 Å². The molecule has 0 saturated heterocycles. The molecule has 0 radical (unpaired) electrons. The molecule has 0 spiro atoms. The van der Waals surface area contributed by atoms with Gasteiger partial charge in [0, 0.05) is 42.0 Å². The summed E-state index contributed by atoms with van der Waals surface area (Å²) in [7, 11) is 0. The fourth-order valence-corrected chi connectivity index (χ4v) is 10.0. The smallest absolute Gasteiger partial charge is 0.194 e. The zero-order valence-electron chi connectivity index (χ0n) is 49.8. The van der Waals surface area contributed by atoms with Gasteiger partial charge in [-0.05, 0) is 35.0 Å². The Morgan fingerprint density at radius 1 is 0.138 bits per heavy atom. The Morgan fingerprint density at radius 3 is 0.379 bits per heavy atom. The van der Waals surface area contributed by atoms with Gasteiger partial charge in [-0.25, -0.2) is 0 Å². The molecule has 3 rings (SSSR count). The van der Waals surface area contributed by atoms with E-state index in [9.17, 15) is 176 Å². The second kappa shape index (κ2) is 26.5. The molecule has 0 fully saturated rings. The van der Waals surface area contributed by atoms with Crippen molar-refractivity contribution in [3.8, 4) is 0 Å². The van der Waals surface area contributed by atoms with Gasteiger partial charge in [0.15, 0.2) is 0 Å². The van der Waals surface area contributed by atoms with Gasteiger partial charge in [0.1, 0.15) is 0 Å². The minimum absolute atomic E-state index is 0.491. The van der Waals surface area contributed by atoms with Crippen molar-refractivity contribution >= 4 is 53.4 Å². The molecule has 0 amide bonds. The first-order chi connectivity index (χ1) is 49.2. The predicted molar refractivity (Wildman–Crippen MR) is 235 cm³/mol. The molecule has 0 heterocycles. The summed E-state index contributed by atoms with van der Waals surface area (Å²) in [4.78, 5) is 0. The van der Waals surface area contributed by atoms with Crippen LogP contribution < -0.4 is 0 Å². The molecule has 3 aromatic carbocycles. The Labute approximate surface area is 597 Å². The number of hydrogen-bond donors (Lipinski definition) is 0. The molecule has 0 nitrogen and oxygen atoms in total. The highest BCUT2D eigenvalue weighted by Gasteiger charge is 3.01. The van der Waals surface area contributed by atoms with Gasteiger partial charge in [-0.2, -0.15) is 299 Å². The summed E-state index contributed by atoms with van der Waals surface area (Å²) in [5, 5.41) is -21.0. The zero-order valence-corrected chi connectivity index (χ0v) is 52.9. The molecule has 678 valence electrons. The second-order valence-corrected chi connectivity index (χ2v) is 24.3. The van der Waals surface area contributed by atoms with E-state index in [2.05, 4.69) is 0 Å². The Kier molecular flexibility index (Phi) is 23.8. The van der Waals surface area contributed by atoms with Gasteiger partial charge in [-0.3, -0.25) is 0 Å². The topological polar surface area (TPSA) is 0 Å². The van der Waals surface area contributed by atoms with E-state index in [1.54, 1.807) is 0 Å². The minimum atomic E-state index is -10.6. The first-order valence-corrected chi connectivity index (χ1v) is 27.1. The highest BCUT2D eigenvalue weighted by atomic mass is 79.9. The Morgan fingerprint density at radius 2 is 0.250 bits per heavy atom. The first kappa shape index (κ1) is 105. The molecule has 0 aliphatic carbocycles. The van der Waals surface area contributed by atoms with Crippen LogP contribution in [0.4, 0.5) is 299 Å². The van der Waals surface area contributed by atoms with Gasteiger partial charge in [0.25, 0.3) is 0 Å². The van der Waals surface area contributed by atoms with E-state index in [-0.39, 0.29) is 0 Å². The van der Waals surface area contributed by atoms with Crippen molar-refractivity contribution in [1.82, 2.24) is 0 Å². The zero-order chi connectivity index (χ0) is 94.6. The van der Waals surface area contributed by atoms with Gasteiger partial charge < -0.3 is 0 Å². The molecule has 0 saturated carbocycles. The average molecular weight is 2010 g/mol. The van der Waals surface area contributed by atoms with E-state index in [0.29, 0.717) is 31.9 Å². The summed E-state index contributed by atoms with van der Waals surface area (Å²) in [5.41, 5.74) is -22.3. The molecule has 0 atom stereocenters. The van der Waals surface area contributed by atoms with Gasteiger partial charge >= 0.3 is 191 Å². The average Bonchev–Trinajstić information content (AvgIpc) is 0.675. The SMILES string of the molecule is FC(F)(F)C(F)(F)C(F)(F)C(F)(F)C(F)(F)C(F)(F)C(F)(F)C(F)(F)c1cc(Br)c2c(C(F)(F)C(F)(F)C(F)(F)C(F)(F)C(F)(F)C(F)(F)C(F)(F)C(F)(F)F)c3cc(C(F)(F)C(F)(F)C(F)(F)C(F)(F)C(F)(F)C(F)(F)C(F)(F)C(F)(F)F)cc(Br)c3c(C(F)(F)C(F)(F)C(F)(F)C(F)(F)C(F)(F)C(F)(F)C(F)(F)C(F)(F)F)c2c1. The maximum absolute atomic E-state index is 17.1. The Balaban J connectivity index is 3.33. The lowest BCUT2D eigenvalue weighted by Crippen LogP contribution is -2.74. The van der Waals surface area contributed by atoms with E-state index in [0.717, 1.165) is 0 Å². The number of fused-ring (bicyclic) bond motifs is 2. The molecule has 116 heavy (non-hydrogen) atoms. The molecule has 3 aromatic rings. The van der Waals surface area contributed by atoms with Crippen molar-refractivity contribution in [1.29, 1.82) is 0 Å². The summed E-state index contributed by atoms with van der Waals surface area (Å²) in [5.74, 6) is -281. The number of halogens is 70. The molecule has 0 aliphatic rings. The summed E-state index contributed by atoms with van der Waals surface area (Å²) in [6.45, 7) is 0. The second-order valence-electron chi connectivity index (χ2n) is 22.6. The highest BCUT2D eigenvalue weighted by molar-refractivity contribution is 9.11. The van der Waals surface area contributed by atoms with Crippen LogP contribution in [-0.4, -0.2) is 167 Å². The molecule has 0 unspecified atom stereocenters. The molecule has 0 aliphatic heterocycles. The summed E-state index contributed by atoms with van der Waals surface area (Å²) < 4.78 is 985. The molecule has 0 aromatic heterocycles. The molecular weight excluding hydrogens is 2000 g/mol. The first-order valence-electron chi connectivity index (χ1n) is 25.5. The minimum Gasteiger partial charge on any atom is -0.194 e. The highest BCUT2D eigenvalue weighted by Crippen LogP contribution is 2.74. The standard InChI is InChI=1S/C46H4Br2F68/c47-9-3-5(15(49,50)19(57,58)23(65,66)27(73,74)31(81,82)35(89,90)39(97,98)43(105,106)107)1-7-11(9)14(18(55,56)22(63,64)26(71,72)30(79,80)34(87,88)38(95,96)42(103,104)46(114,115)116)8-2-6(16(51,52)20(59,60)24(67,68)28(75,76)32(83,84)36(91,92)40(99,100)44(108,109)110)4-10(48)12(8)13(7)17(53,54)21(61,62)25(69,70)29(77,78)33(85,86)37(93,94)41(101,102)45(111,112)113/h1-4H. The molecule has 0 bridgehead atoms. The van der Waals surface area contributed by atoms with Crippen molar-refractivity contribution in [3.05, 3.63) is 55.5 Å². The van der Waals surface area contributed by atoms with Gasteiger partial charge in [0.2, 0.25) is 0 Å². The van der Waals surface area contributed by atoms with Crippen molar-refractivity contribution in [2.24, 2.45) is 0 Å². The third-order valence-electron chi connectivity index (χ3n) is 15.5. The summed E-state index contributed by atoms with van der Waals surface area (Å²) >= 11 is 0.981. The quantitative estimate of drug-likeness (QED) is 0.0502. The van der Waals surface area contributed by atoms with Gasteiger partial charge in [-0.15, -0.1) is 0 Å². The number of alkyl halides is 68. The van der Waals surface area contributed by atoms with E-state index in [1.807, 2.05) is 0 Å². The maximum atomic E-state index is 17.1. The van der Waals surface area contributed by atoms with Crippen molar-refractivity contribution in [3.63, 3.8) is 0 Å². The van der Waals surface area contributed by atoms with E-state index < -0.39 is 268 Å². The summed E-state index contributed by atoms with van der Waals surface area (Å²) in [6.07, 6.45) is -35.4. The van der Waals surface area contributed by atoms with Crippen LogP contribution in [0.2, 0.25) is 0 Å². The lowest BCUT2D eigenvalue weighted by Gasteiger charge is -2.44. The van der Waals surface area contributed by atoms with Crippen LogP contribution >= 0.6 is 31.9 Å². The Bertz CT molecular complexity index is 3930. The Hall–Kier alpha value is -5.62. The van der Waals surface area contributed by atoms with Crippen LogP contribution in [0.1, 0.15) is 22.3 Å². The molecule has 0 N–H and O–H groups in total. The van der Waals surface area contributed by atoms with Crippen LogP contribution in [0.5, 0.6) is 0 Å². The fraction of sp³-hybridized carbons (Fsp3) is 0.696. The lowest BCUT2D eigenvalue weighted by atomic mass is 9.78. The van der Waals surface area contributed by atoms with Crippen molar-refractivity contribution in [2.75, 3.05) is 0 Å². The number of benzene rings is 3. The van der Waals surface area contributed by atoms with Crippen LogP contribution in [0.25, 0.3) is 21.5 Å². The van der Waals surface area contributed by atoms with Crippen LogP contribution in [0.3, 0.4) is 0 Å². The van der Waals surface area contributed by atoms with Gasteiger partial charge in [-0.1, -0.05) is 31.9 Å². The van der Waals surface area contributed by atoms with Crippen molar-refractivity contribution < 1.29 is 299 Å². The lowest BCUT2D eigenvalue weighted by molar-refractivity contribution is -0.462. The fourth-order valence-electron chi connectivity index (χ4n) is 8.73. The van der Waals surface area contributed by atoms with Crippen LogP contribution in [0, 0.1) is 0 Å². The number of rotatable bonds is 28. The monoisotopic (exact) mass is 2010 g/mol. The predicted octanol–water partition coefficient (Wildman–Crippen LogP) is 27.4. The van der Waals surface area contributed by atoms with E-state index in [4.69, 9.17) is 0 Å². The summed E-state index contributed by atoms with van der Waals surface area (Å²) in [6, 6.07) is -12.4. The maximum Gasteiger partial charge on any atom is 0.460 e. The third kappa shape index (κ3) is 12.3. The normalized spacial score (nSPS) is 16.9. The van der Waals surface area contributed by atoms with Crippen LogP contribution in [-0.2, 0) is 23.7 Å². The largest absolute Gasteiger partial charge is 0.460 e. The third-order valence-corrected chi connectivity index (χ3v) is 16.7. The van der Waals surface area contributed by atoms with Crippen molar-refractivity contribution in [2.45, 2.75) is 191 Å². The van der Waals surface area contributed by atoms with Gasteiger partial charge in [0.05, 0.1) is 0 Å².